The van der Waals surface area contributed by atoms with Crippen molar-refractivity contribution >= 4 is 27.6 Å². The molecule has 5 N–H and O–H groups in total. The van der Waals surface area contributed by atoms with Crippen molar-refractivity contribution in [3.05, 3.63) is 48.6 Å². The average Bonchev–Trinajstić information content (AvgIpc) is 3.13. The van der Waals surface area contributed by atoms with Crippen molar-refractivity contribution < 1.29 is 66.7 Å². The van der Waals surface area contributed by atoms with E-state index in [4.69, 9.17) is 23.8 Å². The topological polar surface area (TPSA) is 216 Å². The third-order valence-electron chi connectivity index (χ3n) is 8.24. The van der Waals surface area contributed by atoms with Gasteiger partial charge in [0.05, 0.1) is 25.9 Å². The predicted molar refractivity (Wildman–Crippen MR) is 217 cm³/mol. The number of carbonyl (C=O) groups is 2. The van der Waals surface area contributed by atoms with E-state index in [1.807, 2.05) is 12.2 Å². The van der Waals surface area contributed by atoms with Gasteiger partial charge in [-0.15, -0.1) is 0 Å². The Balaban J connectivity index is 4.74. The summed E-state index contributed by atoms with van der Waals surface area (Å²) in [6.07, 6.45) is 28.8. The molecule has 0 amide bonds. The second-order valence-electron chi connectivity index (χ2n) is 14.2. The number of unbranched alkanes of at least 4 members (excludes halogenated alkanes) is 10. The Labute approximate surface area is 335 Å². The molecule has 0 spiro atoms. The number of hydrogen-bond donors (Lipinski definition) is 5. The molecule has 0 aliphatic carbocycles. The maximum Gasteiger partial charge on any atom is 0.472 e. The van der Waals surface area contributed by atoms with Gasteiger partial charge in [-0.25, -0.2) is 9.13 Å². The Hall–Kier alpha value is -1.96. The summed E-state index contributed by atoms with van der Waals surface area (Å²) in [6, 6.07) is 0. The second kappa shape index (κ2) is 35.0. The maximum atomic E-state index is 12.6. The summed E-state index contributed by atoms with van der Waals surface area (Å²) in [5.74, 6) is -0.515. The summed E-state index contributed by atoms with van der Waals surface area (Å²) in [4.78, 5) is 52.5. The largest absolute Gasteiger partial charge is 0.472 e. The van der Waals surface area contributed by atoms with Gasteiger partial charge in [-0.1, -0.05) is 134 Å². The highest BCUT2D eigenvalue weighted by molar-refractivity contribution is 7.47. The van der Waals surface area contributed by atoms with Gasteiger partial charge < -0.3 is 34.4 Å². The van der Waals surface area contributed by atoms with Gasteiger partial charge in [-0.3, -0.25) is 23.2 Å². The van der Waals surface area contributed by atoms with Gasteiger partial charge >= 0.3 is 27.6 Å². The molecule has 0 heterocycles. The summed E-state index contributed by atoms with van der Waals surface area (Å²) in [7, 11) is -9.72. The highest BCUT2D eigenvalue weighted by Crippen LogP contribution is 2.43. The van der Waals surface area contributed by atoms with Crippen LogP contribution in [0.3, 0.4) is 0 Å². The molecule has 0 aromatic carbocycles. The first-order valence-electron chi connectivity index (χ1n) is 20.3. The summed E-state index contributed by atoms with van der Waals surface area (Å²) < 4.78 is 47.5. The number of phosphoric acid groups is 2. The maximum absolute atomic E-state index is 12.6. The molecule has 56 heavy (non-hydrogen) atoms. The zero-order chi connectivity index (χ0) is 41.9. The molecule has 14 nitrogen and oxygen atoms in total. The Morgan fingerprint density at radius 1 is 0.625 bits per heavy atom. The zero-order valence-corrected chi connectivity index (χ0v) is 35.8. The van der Waals surface area contributed by atoms with E-state index in [1.54, 1.807) is 12.2 Å². The van der Waals surface area contributed by atoms with Gasteiger partial charge in [0, 0.05) is 12.8 Å². The lowest BCUT2D eigenvalue weighted by molar-refractivity contribution is -0.161. The SMILES string of the molecule is CCCCC/C=C\C/C=C\C/C=C\C=C\[C@@H](O)CCCC(=O)OC[C@H](COP(=O)(O)OC[C@@H](O)COP(=O)(O)O)OC(=O)CCCCCCCCCCC(C)C. The molecule has 0 aliphatic rings. The van der Waals surface area contributed by atoms with E-state index >= 15 is 0 Å². The summed E-state index contributed by atoms with van der Waals surface area (Å²) >= 11 is 0. The van der Waals surface area contributed by atoms with Crippen LogP contribution in [0, 0.1) is 5.92 Å². The van der Waals surface area contributed by atoms with Crippen molar-refractivity contribution in [1.29, 1.82) is 0 Å². The fraction of sp³-hybridized carbons (Fsp3) is 0.750. The van der Waals surface area contributed by atoms with E-state index in [0.29, 0.717) is 19.3 Å². The molecule has 0 radical (unpaired) electrons. The van der Waals surface area contributed by atoms with Crippen LogP contribution in [0.15, 0.2) is 48.6 Å². The number of carbonyl (C=O) groups excluding carboxylic acids is 2. The molecule has 1 unspecified atom stereocenters. The highest BCUT2D eigenvalue weighted by atomic mass is 31.2. The van der Waals surface area contributed by atoms with Crippen LogP contribution in [0.25, 0.3) is 0 Å². The minimum atomic E-state index is -4.88. The number of aliphatic hydroxyl groups excluding tert-OH is 2. The van der Waals surface area contributed by atoms with E-state index in [2.05, 4.69) is 54.1 Å². The molecule has 0 aromatic rings. The van der Waals surface area contributed by atoms with E-state index in [-0.39, 0.29) is 12.8 Å². The Morgan fingerprint density at radius 2 is 1.21 bits per heavy atom. The summed E-state index contributed by atoms with van der Waals surface area (Å²) in [6.45, 7) is 3.74. The number of phosphoric ester groups is 2. The van der Waals surface area contributed by atoms with Crippen LogP contribution in [-0.2, 0) is 41.8 Å². The smallest absolute Gasteiger partial charge is 0.462 e. The number of hydrogen-bond acceptors (Lipinski definition) is 11. The van der Waals surface area contributed by atoms with Gasteiger partial charge in [-0.05, 0) is 50.9 Å². The molecule has 0 aliphatic heterocycles. The standard InChI is InChI=1S/C40H72O14P2/c1-4-5-6-7-8-9-10-11-12-13-17-20-23-27-36(41)28-25-30-39(43)50-33-38(34-53-56(48,49)52-32-37(42)31-51-55(45,46)47)54-40(44)29-24-21-18-15-14-16-19-22-26-35(2)3/h8-9,11-12,17,20,23,27,35-38,41-42H,4-7,10,13-16,18-19,21-22,24-26,28-34H2,1-3H3,(H,48,49)(H2,45,46,47)/b9-8-,12-11-,20-17-,27-23+/t36-,37+,38-/m1/s1. The molecule has 326 valence electrons. The molecule has 4 atom stereocenters. The van der Waals surface area contributed by atoms with Crippen LogP contribution in [0.4, 0.5) is 0 Å². The first-order chi connectivity index (χ1) is 26.6. The fourth-order valence-electron chi connectivity index (χ4n) is 5.10. The Morgan fingerprint density at radius 3 is 1.88 bits per heavy atom. The van der Waals surface area contributed by atoms with Gasteiger partial charge in [0.1, 0.15) is 12.7 Å². The van der Waals surface area contributed by atoms with E-state index in [0.717, 1.165) is 50.9 Å². The van der Waals surface area contributed by atoms with Crippen molar-refractivity contribution in [2.24, 2.45) is 5.92 Å². The molecular formula is C40H72O14P2. The Bertz CT molecular complexity index is 1210. The summed E-state index contributed by atoms with van der Waals surface area (Å²) in [5, 5.41) is 20.0. The third kappa shape index (κ3) is 38.9. The van der Waals surface area contributed by atoms with Gasteiger partial charge in [0.15, 0.2) is 6.10 Å². The molecule has 16 heteroatoms. The average molecular weight is 839 g/mol. The second-order valence-corrected chi connectivity index (χ2v) is 16.9. The number of esters is 2. The number of allylic oxidation sites excluding steroid dienone is 7. The zero-order valence-electron chi connectivity index (χ0n) is 34.0. The molecule has 0 fully saturated rings. The quantitative estimate of drug-likeness (QED) is 0.0130. The molecular weight excluding hydrogens is 766 g/mol. The third-order valence-corrected chi connectivity index (χ3v) is 9.68. The lowest BCUT2D eigenvalue weighted by Gasteiger charge is -2.20. The van der Waals surface area contributed by atoms with E-state index < -0.39 is 72.3 Å². The first kappa shape index (κ1) is 54.0. The van der Waals surface area contributed by atoms with Crippen molar-refractivity contribution in [2.45, 2.75) is 161 Å². The van der Waals surface area contributed by atoms with Crippen LogP contribution in [0.1, 0.15) is 143 Å². The lowest BCUT2D eigenvalue weighted by atomic mass is 10.0. The summed E-state index contributed by atoms with van der Waals surface area (Å²) in [5.41, 5.74) is 0. The molecule has 0 bridgehead atoms. The van der Waals surface area contributed by atoms with Crippen LogP contribution in [0.2, 0.25) is 0 Å². The minimum Gasteiger partial charge on any atom is -0.462 e. The van der Waals surface area contributed by atoms with Crippen LogP contribution in [-0.4, -0.2) is 81.6 Å². The number of aliphatic hydroxyl groups is 2. The highest BCUT2D eigenvalue weighted by Gasteiger charge is 2.28. The minimum absolute atomic E-state index is 0.0337. The van der Waals surface area contributed by atoms with E-state index in [1.165, 1.54) is 44.9 Å². The molecule has 0 rings (SSSR count). The van der Waals surface area contributed by atoms with Gasteiger partial charge in [0.25, 0.3) is 0 Å². The Kier molecular flexibility index (Phi) is 33.8. The van der Waals surface area contributed by atoms with Crippen LogP contribution in [0.5, 0.6) is 0 Å². The molecule has 0 saturated heterocycles. The van der Waals surface area contributed by atoms with E-state index in [9.17, 15) is 33.8 Å². The van der Waals surface area contributed by atoms with Gasteiger partial charge in [-0.2, -0.15) is 0 Å². The normalized spacial score (nSPS) is 15.3. The monoisotopic (exact) mass is 838 g/mol. The van der Waals surface area contributed by atoms with Crippen molar-refractivity contribution in [1.82, 2.24) is 0 Å². The number of rotatable bonds is 37. The van der Waals surface area contributed by atoms with Crippen molar-refractivity contribution in [3.63, 3.8) is 0 Å². The van der Waals surface area contributed by atoms with Gasteiger partial charge in [0.2, 0.25) is 0 Å². The molecule has 0 aromatic heterocycles. The molecule has 0 saturated carbocycles. The lowest BCUT2D eigenvalue weighted by Crippen LogP contribution is -2.30. The van der Waals surface area contributed by atoms with Crippen LogP contribution < -0.4 is 0 Å². The van der Waals surface area contributed by atoms with Crippen molar-refractivity contribution in [3.8, 4) is 0 Å². The first-order valence-corrected chi connectivity index (χ1v) is 23.3. The number of ether oxygens (including phenoxy) is 2. The van der Waals surface area contributed by atoms with Crippen LogP contribution >= 0.6 is 15.6 Å². The fourth-order valence-corrected chi connectivity index (χ4v) is 6.26. The van der Waals surface area contributed by atoms with Crippen molar-refractivity contribution in [2.75, 3.05) is 26.4 Å². The predicted octanol–water partition coefficient (Wildman–Crippen LogP) is 8.72.